The summed E-state index contributed by atoms with van der Waals surface area (Å²) in [6, 6.07) is 7.45. The van der Waals surface area contributed by atoms with Crippen LogP contribution >= 0.6 is 22.6 Å². The molecular weight excluding hydrogens is 329 g/mol. The van der Waals surface area contributed by atoms with Gasteiger partial charge in [-0.2, -0.15) is 0 Å². The lowest BCUT2D eigenvalue weighted by molar-refractivity contribution is -0.896. The number of carbonyl (C=O) groups is 1. The highest BCUT2D eigenvalue weighted by Crippen LogP contribution is 2.08. The van der Waals surface area contributed by atoms with E-state index in [0.717, 1.165) is 23.2 Å². The van der Waals surface area contributed by atoms with Gasteiger partial charge in [-0.1, -0.05) is 6.07 Å². The van der Waals surface area contributed by atoms with Crippen molar-refractivity contribution in [1.29, 1.82) is 0 Å². The van der Waals surface area contributed by atoms with Gasteiger partial charge in [0, 0.05) is 3.57 Å². The van der Waals surface area contributed by atoms with Crippen LogP contribution in [0.25, 0.3) is 0 Å². The van der Waals surface area contributed by atoms with Crippen LogP contribution in [0.4, 0.5) is 0 Å². The van der Waals surface area contributed by atoms with Gasteiger partial charge in [-0.25, -0.2) is 4.79 Å². The molecule has 0 aliphatic heterocycles. The van der Waals surface area contributed by atoms with Gasteiger partial charge >= 0.3 is 5.97 Å². The Morgan fingerprint density at radius 3 is 2.65 bits per heavy atom. The number of nitrogens with one attached hydrogen (secondary N) is 1. The van der Waals surface area contributed by atoms with Crippen molar-refractivity contribution >= 4 is 28.6 Å². The zero-order valence-corrected chi connectivity index (χ0v) is 12.5. The van der Waals surface area contributed by atoms with Crippen LogP contribution in [0, 0.1) is 3.57 Å². The Kier molecular flexibility index (Phi) is 6.50. The summed E-state index contributed by atoms with van der Waals surface area (Å²) in [5.41, 5.74) is 0.631. The number of hydrogen-bond acceptors (Lipinski definition) is 2. The average molecular weight is 348 g/mol. The van der Waals surface area contributed by atoms with Crippen LogP contribution < -0.4 is 4.90 Å². The molecule has 0 amide bonds. The molecule has 0 spiro atoms. The number of rotatable bonds is 6. The van der Waals surface area contributed by atoms with Gasteiger partial charge in [-0.15, -0.1) is 0 Å². The molecule has 0 saturated heterocycles. The van der Waals surface area contributed by atoms with Crippen LogP contribution in [0.15, 0.2) is 24.3 Å². The van der Waals surface area contributed by atoms with Gasteiger partial charge in [0.2, 0.25) is 0 Å². The molecule has 3 nitrogen and oxygen atoms in total. The first-order chi connectivity index (χ1) is 8.17. The predicted octanol–water partition coefficient (Wildman–Crippen LogP) is 1.37. The summed E-state index contributed by atoms with van der Waals surface area (Å²) in [6.45, 7) is 7.78. The fraction of sp³-hybridized carbons (Fsp3) is 0.462. The Morgan fingerprint density at radius 2 is 2.06 bits per heavy atom. The van der Waals surface area contributed by atoms with Gasteiger partial charge in [0.25, 0.3) is 0 Å². The summed E-state index contributed by atoms with van der Waals surface area (Å²) in [6.07, 6.45) is 0. The first-order valence-electron chi connectivity index (χ1n) is 5.93. The average Bonchev–Trinajstić information content (AvgIpc) is 2.34. The molecule has 0 bridgehead atoms. The smallest absolute Gasteiger partial charge is 0.338 e. The number of hydrogen-bond donors (Lipinski definition) is 1. The molecule has 0 saturated carbocycles. The summed E-state index contributed by atoms with van der Waals surface area (Å²) in [5, 5.41) is 0. The lowest BCUT2D eigenvalue weighted by Crippen LogP contribution is -3.11. The quantitative estimate of drug-likeness (QED) is 0.622. The topological polar surface area (TPSA) is 30.7 Å². The Labute approximate surface area is 116 Å². The second-order valence-electron chi connectivity index (χ2n) is 3.85. The van der Waals surface area contributed by atoms with Crippen LogP contribution in [0.3, 0.4) is 0 Å². The zero-order valence-electron chi connectivity index (χ0n) is 10.3. The maximum Gasteiger partial charge on any atom is 0.338 e. The van der Waals surface area contributed by atoms with E-state index in [0.29, 0.717) is 12.2 Å². The minimum absolute atomic E-state index is 0.227. The molecule has 1 aromatic rings. The third-order valence-electron chi connectivity index (χ3n) is 2.75. The summed E-state index contributed by atoms with van der Waals surface area (Å²) in [5.74, 6) is -0.227. The summed E-state index contributed by atoms with van der Waals surface area (Å²) in [7, 11) is 0. The largest absolute Gasteiger partial charge is 0.456 e. The van der Waals surface area contributed by atoms with Crippen LogP contribution in [0.1, 0.15) is 24.2 Å². The van der Waals surface area contributed by atoms with Crippen LogP contribution in [0.5, 0.6) is 0 Å². The van der Waals surface area contributed by atoms with E-state index in [-0.39, 0.29) is 5.97 Å². The van der Waals surface area contributed by atoms with E-state index in [9.17, 15) is 4.79 Å². The molecule has 0 aliphatic rings. The standard InChI is InChI=1S/C13H18INO2/c1-3-15(4-2)8-9-17-13(16)11-6-5-7-12(14)10-11/h5-7,10H,3-4,8-9H2,1-2H3/p+1. The Hall–Kier alpha value is -0.620. The van der Waals surface area contributed by atoms with Crippen LogP contribution in [-0.2, 0) is 4.74 Å². The molecule has 1 aromatic carbocycles. The molecule has 0 atom stereocenters. The lowest BCUT2D eigenvalue weighted by atomic mass is 10.2. The molecule has 0 aliphatic carbocycles. The van der Waals surface area contributed by atoms with E-state index in [1.807, 2.05) is 18.2 Å². The third-order valence-corrected chi connectivity index (χ3v) is 3.42. The highest BCUT2D eigenvalue weighted by molar-refractivity contribution is 14.1. The maximum atomic E-state index is 11.7. The molecule has 0 heterocycles. The van der Waals surface area contributed by atoms with Gasteiger partial charge < -0.3 is 9.64 Å². The van der Waals surface area contributed by atoms with Crippen molar-refractivity contribution in [2.75, 3.05) is 26.2 Å². The van der Waals surface area contributed by atoms with E-state index >= 15 is 0 Å². The van der Waals surface area contributed by atoms with Crippen molar-refractivity contribution in [3.63, 3.8) is 0 Å². The normalized spacial score (nSPS) is 10.6. The monoisotopic (exact) mass is 348 g/mol. The molecule has 0 radical (unpaired) electrons. The fourth-order valence-electron chi connectivity index (χ4n) is 1.59. The van der Waals surface area contributed by atoms with E-state index in [2.05, 4.69) is 36.4 Å². The number of carbonyl (C=O) groups excluding carboxylic acids is 1. The highest BCUT2D eigenvalue weighted by Gasteiger charge is 2.09. The SMILES string of the molecule is CC[NH+](CC)CCOC(=O)c1cccc(I)c1. The summed E-state index contributed by atoms with van der Waals surface area (Å²) >= 11 is 2.19. The van der Waals surface area contributed by atoms with Crippen molar-refractivity contribution in [2.24, 2.45) is 0 Å². The number of ether oxygens (including phenoxy) is 1. The molecule has 0 aromatic heterocycles. The van der Waals surface area contributed by atoms with Gasteiger partial charge in [0.05, 0.1) is 18.7 Å². The second kappa shape index (κ2) is 7.66. The van der Waals surface area contributed by atoms with Gasteiger partial charge in [-0.3, -0.25) is 0 Å². The molecule has 0 unspecified atom stereocenters. The van der Waals surface area contributed by atoms with Crippen molar-refractivity contribution in [2.45, 2.75) is 13.8 Å². The van der Waals surface area contributed by atoms with Gasteiger partial charge in [-0.05, 0) is 54.6 Å². The molecule has 1 rings (SSSR count). The molecular formula is C13H19INO2+. The third kappa shape index (κ3) is 5.04. The number of halogens is 1. The molecule has 0 fully saturated rings. The molecule has 1 N–H and O–H groups in total. The van der Waals surface area contributed by atoms with E-state index in [1.54, 1.807) is 6.07 Å². The minimum Gasteiger partial charge on any atom is -0.456 e. The predicted molar refractivity (Wildman–Crippen MR) is 76.4 cm³/mol. The molecule has 17 heavy (non-hydrogen) atoms. The van der Waals surface area contributed by atoms with E-state index in [4.69, 9.17) is 4.74 Å². The van der Waals surface area contributed by atoms with Crippen molar-refractivity contribution in [3.8, 4) is 0 Å². The molecule has 94 valence electrons. The van der Waals surface area contributed by atoms with E-state index in [1.165, 1.54) is 4.90 Å². The Bertz CT molecular complexity index is 364. The number of quaternary nitrogens is 1. The van der Waals surface area contributed by atoms with Crippen molar-refractivity contribution in [3.05, 3.63) is 33.4 Å². The second-order valence-corrected chi connectivity index (χ2v) is 5.10. The number of likely N-dealkylation sites (N-methyl/N-ethyl adjacent to an activating group) is 1. The van der Waals surface area contributed by atoms with Gasteiger partial charge in [0.1, 0.15) is 13.2 Å². The van der Waals surface area contributed by atoms with Crippen LogP contribution in [-0.4, -0.2) is 32.2 Å². The van der Waals surface area contributed by atoms with Crippen molar-refractivity contribution < 1.29 is 14.4 Å². The molecule has 4 heteroatoms. The van der Waals surface area contributed by atoms with Crippen molar-refractivity contribution in [1.82, 2.24) is 0 Å². The minimum atomic E-state index is -0.227. The summed E-state index contributed by atoms with van der Waals surface area (Å²) < 4.78 is 6.30. The maximum absolute atomic E-state index is 11.7. The Morgan fingerprint density at radius 1 is 1.35 bits per heavy atom. The zero-order chi connectivity index (χ0) is 12.7. The number of benzene rings is 1. The first-order valence-corrected chi connectivity index (χ1v) is 7.01. The highest BCUT2D eigenvalue weighted by atomic mass is 127. The fourth-order valence-corrected chi connectivity index (χ4v) is 2.13. The van der Waals surface area contributed by atoms with Crippen LogP contribution in [0.2, 0.25) is 0 Å². The van der Waals surface area contributed by atoms with E-state index < -0.39 is 0 Å². The number of esters is 1. The Balaban J connectivity index is 2.40. The summed E-state index contributed by atoms with van der Waals surface area (Å²) in [4.78, 5) is 13.2. The lowest BCUT2D eigenvalue weighted by Gasteiger charge is -2.15. The first kappa shape index (κ1) is 14.4. The van der Waals surface area contributed by atoms with Gasteiger partial charge in [0.15, 0.2) is 0 Å².